The van der Waals surface area contributed by atoms with Crippen molar-refractivity contribution in [2.24, 2.45) is 5.92 Å². The molecule has 0 radical (unpaired) electrons. The number of nitrogens with one attached hydrogen (secondary N) is 1. The minimum Gasteiger partial charge on any atom is -0.469 e. The molecule has 18 heavy (non-hydrogen) atoms. The number of amides is 1. The smallest absolute Gasteiger partial charge is 0.310 e. The Morgan fingerprint density at radius 3 is 2.78 bits per heavy atom. The van der Waals surface area contributed by atoms with Crippen molar-refractivity contribution in [1.82, 2.24) is 10.2 Å². The fraction of sp³-hybridized carbons (Fsp3) is 0.833. The topological polar surface area (TPSA) is 67.9 Å². The predicted molar refractivity (Wildman–Crippen MR) is 66.0 cm³/mol. The van der Waals surface area contributed by atoms with E-state index in [0.29, 0.717) is 19.7 Å². The summed E-state index contributed by atoms with van der Waals surface area (Å²) in [6.45, 7) is 4.20. The molecule has 0 aromatic heterocycles. The van der Waals surface area contributed by atoms with Gasteiger partial charge in [0.1, 0.15) is 0 Å². The zero-order valence-electron chi connectivity index (χ0n) is 11.3. The maximum Gasteiger partial charge on any atom is 0.310 e. The fourth-order valence-electron chi connectivity index (χ4n) is 2.09. The average molecular weight is 258 g/mol. The van der Waals surface area contributed by atoms with Gasteiger partial charge >= 0.3 is 5.97 Å². The van der Waals surface area contributed by atoms with E-state index in [-0.39, 0.29) is 23.8 Å². The van der Waals surface area contributed by atoms with Crippen LogP contribution in [-0.4, -0.2) is 63.3 Å². The number of hydrogen-bond donors (Lipinski definition) is 1. The fourth-order valence-corrected chi connectivity index (χ4v) is 2.09. The summed E-state index contributed by atoms with van der Waals surface area (Å²) < 4.78 is 9.59. The lowest BCUT2D eigenvalue weighted by molar-refractivity contribution is -0.145. The summed E-state index contributed by atoms with van der Waals surface area (Å²) >= 11 is 0. The second-order valence-corrected chi connectivity index (χ2v) is 4.46. The lowest BCUT2D eigenvalue weighted by atomic mass is 10.1. The van der Waals surface area contributed by atoms with Gasteiger partial charge in [-0.3, -0.25) is 14.5 Å². The Bertz CT molecular complexity index is 296. The van der Waals surface area contributed by atoms with E-state index in [4.69, 9.17) is 9.47 Å². The van der Waals surface area contributed by atoms with Gasteiger partial charge in [-0.1, -0.05) is 0 Å². The lowest BCUT2D eigenvalue weighted by Gasteiger charge is -2.23. The summed E-state index contributed by atoms with van der Waals surface area (Å²) in [5.41, 5.74) is 0. The Kier molecular flexibility index (Phi) is 6.07. The van der Waals surface area contributed by atoms with Gasteiger partial charge in [-0.15, -0.1) is 0 Å². The van der Waals surface area contributed by atoms with E-state index in [2.05, 4.69) is 5.32 Å². The van der Waals surface area contributed by atoms with Gasteiger partial charge in [-0.05, 0) is 19.9 Å². The summed E-state index contributed by atoms with van der Waals surface area (Å²) in [6.07, 6.45) is 0.752. The van der Waals surface area contributed by atoms with Gasteiger partial charge in [-0.25, -0.2) is 0 Å². The molecule has 1 saturated heterocycles. The van der Waals surface area contributed by atoms with Crippen LogP contribution in [0.4, 0.5) is 0 Å². The van der Waals surface area contributed by atoms with Crippen LogP contribution in [-0.2, 0) is 19.1 Å². The molecular formula is C12H22N2O4. The molecule has 1 aliphatic rings. The summed E-state index contributed by atoms with van der Waals surface area (Å²) in [7, 11) is 2.99. The molecule has 104 valence electrons. The SMILES string of the molecule is COCCNC(=O)C(C)N1CCC(C(=O)OC)C1. The third-order valence-corrected chi connectivity index (χ3v) is 3.29. The summed E-state index contributed by atoms with van der Waals surface area (Å²) in [5.74, 6) is -0.328. The first-order chi connectivity index (χ1) is 8.60. The van der Waals surface area contributed by atoms with E-state index in [1.165, 1.54) is 7.11 Å². The Morgan fingerprint density at radius 1 is 1.44 bits per heavy atom. The van der Waals surface area contributed by atoms with Crippen molar-refractivity contribution < 1.29 is 19.1 Å². The molecule has 6 heteroatoms. The largest absolute Gasteiger partial charge is 0.469 e. The number of methoxy groups -OCH3 is 2. The van der Waals surface area contributed by atoms with Crippen LogP contribution in [0.1, 0.15) is 13.3 Å². The molecule has 0 saturated carbocycles. The number of carbonyl (C=O) groups is 2. The van der Waals surface area contributed by atoms with Gasteiger partial charge in [0, 0.05) is 20.2 Å². The molecule has 2 atom stereocenters. The first-order valence-corrected chi connectivity index (χ1v) is 6.18. The van der Waals surface area contributed by atoms with Crippen LogP contribution < -0.4 is 5.32 Å². The monoisotopic (exact) mass is 258 g/mol. The second-order valence-electron chi connectivity index (χ2n) is 4.46. The van der Waals surface area contributed by atoms with Crippen molar-refractivity contribution in [3.05, 3.63) is 0 Å². The third kappa shape index (κ3) is 3.96. The standard InChI is InChI=1S/C12H22N2O4/c1-9(11(15)13-5-7-17-2)14-6-4-10(8-14)12(16)18-3/h9-10H,4-8H2,1-3H3,(H,13,15). The van der Waals surface area contributed by atoms with E-state index in [9.17, 15) is 9.59 Å². The molecule has 0 aromatic rings. The van der Waals surface area contributed by atoms with Crippen LogP contribution in [0.3, 0.4) is 0 Å². The van der Waals surface area contributed by atoms with Crippen molar-refractivity contribution in [3.8, 4) is 0 Å². The Balaban J connectivity index is 2.37. The molecule has 1 fully saturated rings. The van der Waals surface area contributed by atoms with Gasteiger partial charge in [0.15, 0.2) is 0 Å². The highest BCUT2D eigenvalue weighted by atomic mass is 16.5. The highest BCUT2D eigenvalue weighted by molar-refractivity contribution is 5.81. The van der Waals surface area contributed by atoms with Gasteiger partial charge in [0.05, 0.1) is 25.7 Å². The van der Waals surface area contributed by atoms with E-state index in [1.54, 1.807) is 7.11 Å². The Hall–Kier alpha value is -1.14. The quantitative estimate of drug-likeness (QED) is 0.520. The maximum atomic E-state index is 11.8. The van der Waals surface area contributed by atoms with Crippen molar-refractivity contribution >= 4 is 11.9 Å². The minimum atomic E-state index is -0.225. The summed E-state index contributed by atoms with van der Waals surface area (Å²) in [4.78, 5) is 25.2. The number of ether oxygens (including phenoxy) is 2. The van der Waals surface area contributed by atoms with Crippen molar-refractivity contribution in [3.63, 3.8) is 0 Å². The number of likely N-dealkylation sites (tertiary alicyclic amines) is 1. The number of hydrogen-bond acceptors (Lipinski definition) is 5. The van der Waals surface area contributed by atoms with Crippen LogP contribution in [0, 0.1) is 5.92 Å². The van der Waals surface area contributed by atoms with Crippen LogP contribution >= 0.6 is 0 Å². The van der Waals surface area contributed by atoms with Crippen molar-refractivity contribution in [1.29, 1.82) is 0 Å². The molecular weight excluding hydrogens is 236 g/mol. The van der Waals surface area contributed by atoms with Crippen LogP contribution in [0.25, 0.3) is 0 Å². The molecule has 0 aromatic carbocycles. The number of nitrogens with zero attached hydrogens (tertiary/aromatic N) is 1. The maximum absolute atomic E-state index is 11.8. The second kappa shape index (κ2) is 7.33. The Morgan fingerprint density at radius 2 is 2.17 bits per heavy atom. The normalized spacial score (nSPS) is 21.6. The highest BCUT2D eigenvalue weighted by Gasteiger charge is 2.33. The molecule has 0 aliphatic carbocycles. The molecule has 1 N–H and O–H groups in total. The summed E-state index contributed by atoms with van der Waals surface area (Å²) in [6, 6.07) is -0.225. The molecule has 1 rings (SSSR count). The van der Waals surface area contributed by atoms with E-state index >= 15 is 0 Å². The molecule has 0 bridgehead atoms. The molecule has 6 nitrogen and oxygen atoms in total. The lowest BCUT2D eigenvalue weighted by Crippen LogP contribution is -2.45. The van der Waals surface area contributed by atoms with Crippen LogP contribution in [0.2, 0.25) is 0 Å². The molecule has 2 unspecified atom stereocenters. The van der Waals surface area contributed by atoms with Gasteiger partial charge in [0.2, 0.25) is 5.91 Å². The van der Waals surface area contributed by atoms with Gasteiger partial charge in [-0.2, -0.15) is 0 Å². The van der Waals surface area contributed by atoms with Crippen molar-refractivity contribution in [2.75, 3.05) is 40.5 Å². The molecule has 0 spiro atoms. The zero-order chi connectivity index (χ0) is 13.5. The van der Waals surface area contributed by atoms with Crippen LogP contribution in [0.15, 0.2) is 0 Å². The van der Waals surface area contributed by atoms with Crippen molar-refractivity contribution in [2.45, 2.75) is 19.4 Å². The van der Waals surface area contributed by atoms with E-state index < -0.39 is 0 Å². The number of esters is 1. The molecule has 1 aliphatic heterocycles. The number of carbonyl (C=O) groups excluding carboxylic acids is 2. The van der Waals surface area contributed by atoms with Gasteiger partial charge < -0.3 is 14.8 Å². The summed E-state index contributed by atoms with van der Waals surface area (Å²) in [5, 5.41) is 2.80. The van der Waals surface area contributed by atoms with Crippen LogP contribution in [0.5, 0.6) is 0 Å². The van der Waals surface area contributed by atoms with E-state index in [0.717, 1.165) is 13.0 Å². The first kappa shape index (κ1) is 14.9. The predicted octanol–water partition coefficient (Wildman–Crippen LogP) is -0.368. The molecule has 1 heterocycles. The number of rotatable bonds is 6. The third-order valence-electron chi connectivity index (χ3n) is 3.29. The Labute approximate surface area is 108 Å². The highest BCUT2D eigenvalue weighted by Crippen LogP contribution is 2.19. The minimum absolute atomic E-state index is 0.0300. The molecule has 1 amide bonds. The average Bonchev–Trinajstić information content (AvgIpc) is 2.86. The van der Waals surface area contributed by atoms with E-state index in [1.807, 2.05) is 11.8 Å². The van der Waals surface area contributed by atoms with Gasteiger partial charge in [0.25, 0.3) is 0 Å². The zero-order valence-corrected chi connectivity index (χ0v) is 11.3. The first-order valence-electron chi connectivity index (χ1n) is 6.18.